The molecule has 1 aliphatic heterocycles. The summed E-state index contributed by atoms with van der Waals surface area (Å²) >= 11 is 5.86. The van der Waals surface area contributed by atoms with E-state index in [1.54, 1.807) is 24.3 Å². The Hall–Kier alpha value is -2.24. The van der Waals surface area contributed by atoms with E-state index in [1.807, 2.05) is 25.2 Å². The molecule has 24 heavy (non-hydrogen) atoms. The number of likely N-dealkylation sites (N-methyl/N-ethyl adjacent to an activating group) is 1. The molecule has 3 rings (SSSR count). The lowest BCUT2D eigenvalue weighted by molar-refractivity contribution is 0.225. The molecule has 0 fully saturated rings. The first-order chi connectivity index (χ1) is 11.6. The normalized spacial score (nSPS) is 14.2. The summed E-state index contributed by atoms with van der Waals surface area (Å²) in [6, 6.07) is 12.1. The van der Waals surface area contributed by atoms with Crippen molar-refractivity contribution in [2.75, 3.05) is 30.4 Å². The summed E-state index contributed by atoms with van der Waals surface area (Å²) in [5.41, 5.74) is 3.96. The number of carbonyl (C=O) groups is 1. The molecule has 0 bridgehead atoms. The van der Waals surface area contributed by atoms with Crippen LogP contribution in [-0.2, 0) is 6.42 Å². The quantitative estimate of drug-likeness (QED) is 0.797. The molecule has 0 radical (unpaired) electrons. The Kier molecular flexibility index (Phi) is 4.92. The van der Waals surface area contributed by atoms with E-state index in [4.69, 9.17) is 11.6 Å². The molecular weight excluding hydrogens is 326 g/mol. The number of aliphatic hydroxyl groups excluding tert-OH is 1. The molecule has 0 aromatic heterocycles. The van der Waals surface area contributed by atoms with Crippen molar-refractivity contribution in [3.05, 3.63) is 58.6 Å². The highest BCUT2D eigenvalue weighted by Gasteiger charge is 2.17. The van der Waals surface area contributed by atoms with Gasteiger partial charge in [0.1, 0.15) is 0 Å². The number of nitrogens with zero attached hydrogens (tertiary/aromatic N) is 1. The molecule has 1 heterocycles. The Morgan fingerprint density at radius 2 is 2.04 bits per heavy atom. The zero-order valence-corrected chi connectivity index (χ0v) is 14.2. The number of amides is 2. The Bertz CT molecular complexity index is 734. The Balaban J connectivity index is 1.66. The van der Waals surface area contributed by atoms with Crippen molar-refractivity contribution in [3.63, 3.8) is 0 Å². The number of carbonyl (C=O) groups excluding carboxylic acids is 1. The summed E-state index contributed by atoms with van der Waals surface area (Å²) in [5.74, 6) is 0. The van der Waals surface area contributed by atoms with Gasteiger partial charge in [0.2, 0.25) is 0 Å². The summed E-state index contributed by atoms with van der Waals surface area (Å²) in [5, 5.41) is 15.8. The van der Waals surface area contributed by atoms with E-state index in [9.17, 15) is 9.90 Å². The van der Waals surface area contributed by atoms with E-state index in [-0.39, 0.29) is 12.6 Å². The number of hydrogen-bond donors (Lipinski definition) is 3. The van der Waals surface area contributed by atoms with Gasteiger partial charge in [-0.15, -0.1) is 0 Å². The van der Waals surface area contributed by atoms with Crippen LogP contribution in [0.15, 0.2) is 42.5 Å². The van der Waals surface area contributed by atoms with Crippen molar-refractivity contribution in [3.8, 4) is 0 Å². The van der Waals surface area contributed by atoms with Crippen molar-refractivity contribution in [2.45, 2.75) is 12.5 Å². The molecule has 0 spiro atoms. The van der Waals surface area contributed by atoms with Crippen LogP contribution >= 0.6 is 11.6 Å². The first-order valence-electron chi connectivity index (χ1n) is 7.84. The zero-order valence-electron chi connectivity index (χ0n) is 13.4. The lowest BCUT2D eigenvalue weighted by Crippen LogP contribution is -2.34. The van der Waals surface area contributed by atoms with E-state index < -0.39 is 6.04 Å². The SMILES string of the molecule is CN1CCc2ccc(NC(=O)NC(CO)c3ccc(Cl)cc3)cc21. The van der Waals surface area contributed by atoms with E-state index >= 15 is 0 Å². The van der Waals surface area contributed by atoms with Crippen molar-refractivity contribution in [2.24, 2.45) is 0 Å². The smallest absolute Gasteiger partial charge is 0.319 e. The molecule has 0 saturated carbocycles. The number of nitrogens with one attached hydrogen (secondary N) is 2. The third-order valence-corrected chi connectivity index (χ3v) is 4.48. The summed E-state index contributed by atoms with van der Waals surface area (Å²) in [6.45, 7) is 0.802. The minimum atomic E-state index is -0.487. The number of urea groups is 1. The monoisotopic (exact) mass is 345 g/mol. The molecule has 6 heteroatoms. The van der Waals surface area contributed by atoms with Crippen LogP contribution in [0.25, 0.3) is 0 Å². The summed E-state index contributed by atoms with van der Waals surface area (Å²) < 4.78 is 0. The van der Waals surface area contributed by atoms with Crippen LogP contribution in [0.3, 0.4) is 0 Å². The summed E-state index contributed by atoms with van der Waals surface area (Å²) in [7, 11) is 2.04. The topological polar surface area (TPSA) is 64.6 Å². The molecule has 2 aromatic rings. The number of aliphatic hydroxyl groups is 1. The maximum absolute atomic E-state index is 12.2. The van der Waals surface area contributed by atoms with Gasteiger partial charge in [-0.25, -0.2) is 4.79 Å². The minimum absolute atomic E-state index is 0.192. The molecular formula is C18H20ClN3O2. The summed E-state index contributed by atoms with van der Waals surface area (Å²) in [6.07, 6.45) is 1.03. The number of anilines is 2. The lowest BCUT2D eigenvalue weighted by Gasteiger charge is -2.18. The van der Waals surface area contributed by atoms with Gasteiger partial charge in [0.15, 0.2) is 0 Å². The third kappa shape index (κ3) is 3.63. The molecule has 2 aromatic carbocycles. The van der Waals surface area contributed by atoms with Gasteiger partial charge in [0, 0.05) is 30.0 Å². The Morgan fingerprint density at radius 1 is 1.29 bits per heavy atom. The Labute approximate surface area is 146 Å². The lowest BCUT2D eigenvalue weighted by atomic mass is 10.1. The number of hydrogen-bond acceptors (Lipinski definition) is 3. The van der Waals surface area contributed by atoms with E-state index in [0.717, 1.165) is 29.9 Å². The maximum atomic E-state index is 12.2. The second-order valence-electron chi connectivity index (χ2n) is 5.90. The van der Waals surface area contributed by atoms with Gasteiger partial charge >= 0.3 is 6.03 Å². The average Bonchev–Trinajstić information content (AvgIpc) is 2.94. The second kappa shape index (κ2) is 7.11. The molecule has 126 valence electrons. The zero-order chi connectivity index (χ0) is 17.1. The molecule has 3 N–H and O–H groups in total. The standard InChI is InChI=1S/C18H20ClN3O2/c1-22-9-8-13-4-7-15(10-17(13)22)20-18(24)21-16(11-23)12-2-5-14(19)6-3-12/h2-7,10,16,23H,8-9,11H2,1H3,(H2,20,21,24). The van der Waals surface area contributed by atoms with Gasteiger partial charge in [0.25, 0.3) is 0 Å². The van der Waals surface area contributed by atoms with Crippen molar-refractivity contribution in [1.29, 1.82) is 0 Å². The summed E-state index contributed by atoms with van der Waals surface area (Å²) in [4.78, 5) is 14.4. The Morgan fingerprint density at radius 3 is 2.75 bits per heavy atom. The van der Waals surface area contributed by atoms with Crippen molar-refractivity contribution in [1.82, 2.24) is 5.32 Å². The predicted molar refractivity (Wildman–Crippen MR) is 96.8 cm³/mol. The molecule has 1 unspecified atom stereocenters. The first-order valence-corrected chi connectivity index (χ1v) is 8.22. The first kappa shape index (κ1) is 16.6. The van der Waals surface area contributed by atoms with Gasteiger partial charge in [-0.1, -0.05) is 29.8 Å². The highest BCUT2D eigenvalue weighted by Crippen LogP contribution is 2.29. The van der Waals surface area contributed by atoms with Crippen LogP contribution in [0, 0.1) is 0 Å². The fraction of sp³-hybridized carbons (Fsp3) is 0.278. The average molecular weight is 346 g/mol. The molecule has 0 aliphatic carbocycles. The third-order valence-electron chi connectivity index (χ3n) is 4.23. The fourth-order valence-electron chi connectivity index (χ4n) is 2.87. The number of fused-ring (bicyclic) bond motifs is 1. The number of rotatable bonds is 4. The molecule has 0 saturated heterocycles. The molecule has 1 atom stereocenters. The van der Waals surface area contributed by atoms with E-state index in [1.165, 1.54) is 5.56 Å². The van der Waals surface area contributed by atoms with Crippen LogP contribution in [0.4, 0.5) is 16.2 Å². The molecule has 2 amide bonds. The second-order valence-corrected chi connectivity index (χ2v) is 6.34. The predicted octanol–water partition coefficient (Wildman–Crippen LogP) is 3.19. The highest BCUT2D eigenvalue weighted by atomic mass is 35.5. The van der Waals surface area contributed by atoms with Gasteiger partial charge in [-0.05, 0) is 41.8 Å². The molecule has 1 aliphatic rings. The van der Waals surface area contributed by atoms with Crippen molar-refractivity contribution < 1.29 is 9.90 Å². The largest absolute Gasteiger partial charge is 0.394 e. The van der Waals surface area contributed by atoms with Crippen LogP contribution in [0.2, 0.25) is 5.02 Å². The molecule has 5 nitrogen and oxygen atoms in total. The number of benzene rings is 2. The van der Waals surface area contributed by atoms with Gasteiger partial charge in [0.05, 0.1) is 12.6 Å². The van der Waals surface area contributed by atoms with Crippen LogP contribution in [0.5, 0.6) is 0 Å². The van der Waals surface area contributed by atoms with Crippen LogP contribution < -0.4 is 15.5 Å². The van der Waals surface area contributed by atoms with Crippen molar-refractivity contribution >= 4 is 29.0 Å². The van der Waals surface area contributed by atoms with Gasteiger partial charge < -0.3 is 20.6 Å². The fourth-order valence-corrected chi connectivity index (χ4v) is 3.00. The van der Waals surface area contributed by atoms with Crippen LogP contribution in [0.1, 0.15) is 17.2 Å². The van der Waals surface area contributed by atoms with Gasteiger partial charge in [-0.2, -0.15) is 0 Å². The number of halogens is 1. The maximum Gasteiger partial charge on any atom is 0.319 e. The minimum Gasteiger partial charge on any atom is -0.394 e. The van der Waals surface area contributed by atoms with E-state index in [0.29, 0.717) is 5.02 Å². The van der Waals surface area contributed by atoms with Crippen LogP contribution in [-0.4, -0.2) is 31.3 Å². The van der Waals surface area contributed by atoms with Gasteiger partial charge in [-0.3, -0.25) is 0 Å². The van der Waals surface area contributed by atoms with E-state index in [2.05, 4.69) is 15.5 Å². The highest BCUT2D eigenvalue weighted by molar-refractivity contribution is 6.30.